The van der Waals surface area contributed by atoms with E-state index in [9.17, 15) is 44.4 Å². The lowest BCUT2D eigenvalue weighted by molar-refractivity contribution is -0.205. The van der Waals surface area contributed by atoms with Gasteiger partial charge in [-0.05, 0) is 6.92 Å². The molecule has 4 aromatic carbocycles. The van der Waals surface area contributed by atoms with E-state index in [2.05, 4.69) is 0 Å². The quantitative estimate of drug-likeness (QED) is 0.112. The Labute approximate surface area is 246 Å². The second kappa shape index (κ2) is 12.1. The van der Waals surface area contributed by atoms with E-state index >= 15 is 0 Å². The van der Waals surface area contributed by atoms with Gasteiger partial charge >= 0.3 is 0 Å². The minimum absolute atomic E-state index is 0.323. The Hall–Kier alpha value is -4.93. The van der Waals surface area contributed by atoms with Gasteiger partial charge in [-0.3, -0.25) is 24.0 Å². The molecule has 43 heavy (non-hydrogen) atoms. The predicted octanol–water partition coefficient (Wildman–Crippen LogP) is 2.66. The third-order valence-electron chi connectivity index (χ3n) is 7.36. The summed E-state index contributed by atoms with van der Waals surface area (Å²) in [6.07, 6.45) is -2.40. The lowest BCUT2D eigenvalue weighted by Gasteiger charge is -2.49. The van der Waals surface area contributed by atoms with Crippen LogP contribution in [0.15, 0.2) is 121 Å². The monoisotopic (exact) mass is 580 g/mol. The van der Waals surface area contributed by atoms with E-state index in [1.807, 2.05) is 0 Å². The molecule has 0 radical (unpaired) electrons. The number of aliphatic hydroxyl groups is 4. The fourth-order valence-corrected chi connectivity index (χ4v) is 4.99. The highest BCUT2D eigenvalue weighted by molar-refractivity contribution is 6.52. The minimum Gasteiger partial charge on any atom is -0.390 e. The number of ketones is 5. The highest BCUT2D eigenvalue weighted by Crippen LogP contribution is 2.43. The molecule has 0 aromatic heterocycles. The van der Waals surface area contributed by atoms with Crippen LogP contribution in [0, 0.1) is 0 Å². The molecule has 4 N–H and O–H groups in total. The number of rotatable bonds is 12. The second-order valence-corrected chi connectivity index (χ2v) is 9.97. The van der Waals surface area contributed by atoms with Crippen molar-refractivity contribution in [1.82, 2.24) is 0 Å². The number of carbonyl (C=O) groups excluding carboxylic acids is 5. The van der Waals surface area contributed by atoms with E-state index in [1.54, 1.807) is 0 Å². The van der Waals surface area contributed by atoms with Gasteiger partial charge in [0, 0.05) is 22.3 Å². The third kappa shape index (κ3) is 5.04. The van der Waals surface area contributed by atoms with E-state index in [0.717, 1.165) is 31.2 Å². The topological polar surface area (TPSA) is 166 Å². The van der Waals surface area contributed by atoms with Gasteiger partial charge < -0.3 is 20.4 Å². The largest absolute Gasteiger partial charge is 0.390 e. The minimum atomic E-state index is -4.17. The number of benzene rings is 4. The van der Waals surface area contributed by atoms with Crippen LogP contribution in [0.1, 0.15) is 48.4 Å². The lowest BCUT2D eigenvalue weighted by Crippen LogP contribution is -2.82. The van der Waals surface area contributed by atoms with Crippen LogP contribution in [0.4, 0.5) is 0 Å². The number of aliphatic hydroxyl groups excluding tert-OH is 1. The number of hydrogen-bond acceptors (Lipinski definition) is 9. The van der Waals surface area contributed by atoms with Crippen molar-refractivity contribution in [3.05, 3.63) is 144 Å². The molecule has 0 bridgehead atoms. The van der Waals surface area contributed by atoms with E-state index < -0.39 is 63.0 Å². The molecule has 9 nitrogen and oxygen atoms in total. The molecule has 4 aromatic rings. The maximum absolute atomic E-state index is 14.4. The zero-order valence-corrected chi connectivity index (χ0v) is 23.0. The van der Waals surface area contributed by atoms with Gasteiger partial charge in [-0.25, -0.2) is 0 Å². The van der Waals surface area contributed by atoms with Crippen molar-refractivity contribution >= 4 is 28.9 Å². The molecule has 0 heterocycles. The van der Waals surface area contributed by atoms with Crippen LogP contribution in [0.3, 0.4) is 0 Å². The van der Waals surface area contributed by atoms with Gasteiger partial charge in [-0.1, -0.05) is 121 Å². The summed E-state index contributed by atoms with van der Waals surface area (Å²) in [7, 11) is 0. The van der Waals surface area contributed by atoms with Crippen LogP contribution in [0.2, 0.25) is 0 Å². The van der Waals surface area contributed by atoms with Gasteiger partial charge in [-0.15, -0.1) is 0 Å². The summed E-state index contributed by atoms with van der Waals surface area (Å²) in [5, 5.41) is 48.0. The summed E-state index contributed by atoms with van der Waals surface area (Å²) >= 11 is 0. The molecule has 0 spiro atoms. The van der Waals surface area contributed by atoms with Crippen LogP contribution >= 0.6 is 0 Å². The molecule has 0 aliphatic rings. The second-order valence-electron chi connectivity index (χ2n) is 9.97. The van der Waals surface area contributed by atoms with Crippen LogP contribution < -0.4 is 0 Å². The molecule has 0 amide bonds. The highest BCUT2D eigenvalue weighted by atomic mass is 16.4. The highest BCUT2D eigenvalue weighted by Gasteiger charge is 2.77. The molecule has 0 unspecified atom stereocenters. The van der Waals surface area contributed by atoms with E-state index in [0.29, 0.717) is 0 Å². The van der Waals surface area contributed by atoms with Gasteiger partial charge in [0.05, 0.1) is 6.10 Å². The van der Waals surface area contributed by atoms with Crippen LogP contribution in [0.5, 0.6) is 0 Å². The Morgan fingerprint density at radius 3 is 1.21 bits per heavy atom. The Balaban J connectivity index is 2.13. The first-order valence-corrected chi connectivity index (χ1v) is 13.2. The third-order valence-corrected chi connectivity index (χ3v) is 7.36. The van der Waals surface area contributed by atoms with Crippen LogP contribution in [-0.4, -0.2) is 72.2 Å². The van der Waals surface area contributed by atoms with E-state index in [-0.39, 0.29) is 11.1 Å². The standard InChI is InChI=1S/C34H28O9/c1-22(35)32(41,28(37)24-16-8-3-9-17-24)34(43,30(39)26-20-12-5-13-21-26)33(42,29(38)25-18-10-4-11-19-25)31(40)27(36)23-14-6-2-7-15-23/h2-22,35,41-43H,1H3/t22-,32+,33-,34+/m0/s1. The van der Waals surface area contributed by atoms with Crippen LogP contribution in [-0.2, 0) is 4.79 Å². The maximum Gasteiger partial charge on any atom is 0.246 e. The van der Waals surface area contributed by atoms with Gasteiger partial charge in [0.15, 0.2) is 5.60 Å². The van der Waals surface area contributed by atoms with E-state index in [4.69, 9.17) is 0 Å². The predicted molar refractivity (Wildman–Crippen MR) is 155 cm³/mol. The summed E-state index contributed by atoms with van der Waals surface area (Å²) in [5.41, 5.74) is -13.7. The summed E-state index contributed by atoms with van der Waals surface area (Å²) in [6.45, 7) is 0.834. The zero-order chi connectivity index (χ0) is 31.4. The molecular weight excluding hydrogens is 552 g/mol. The summed E-state index contributed by atoms with van der Waals surface area (Å²) in [6, 6.07) is 26.4. The Bertz CT molecular complexity index is 1650. The van der Waals surface area contributed by atoms with E-state index in [1.165, 1.54) is 97.1 Å². The summed E-state index contributed by atoms with van der Waals surface area (Å²) in [5.74, 6) is -8.38. The molecule has 4 atom stereocenters. The molecule has 0 saturated carbocycles. The average Bonchev–Trinajstić information content (AvgIpc) is 3.06. The van der Waals surface area contributed by atoms with Gasteiger partial charge in [0.25, 0.3) is 0 Å². The van der Waals surface area contributed by atoms with Crippen molar-refractivity contribution in [3.8, 4) is 0 Å². The molecule has 0 fully saturated rings. The molecule has 9 heteroatoms. The fourth-order valence-electron chi connectivity index (χ4n) is 4.99. The molecule has 218 valence electrons. The Morgan fingerprint density at radius 1 is 0.512 bits per heavy atom. The number of hydrogen-bond donors (Lipinski definition) is 4. The number of Topliss-reactive ketones (excluding diaryl/α,β-unsaturated/α-hetero) is 5. The smallest absolute Gasteiger partial charge is 0.246 e. The van der Waals surface area contributed by atoms with Crippen molar-refractivity contribution in [3.63, 3.8) is 0 Å². The maximum atomic E-state index is 14.4. The van der Waals surface area contributed by atoms with Crippen molar-refractivity contribution in [2.45, 2.75) is 29.8 Å². The molecular formula is C34H28O9. The van der Waals surface area contributed by atoms with Crippen molar-refractivity contribution in [2.75, 3.05) is 0 Å². The number of carbonyl (C=O) groups is 5. The zero-order valence-electron chi connectivity index (χ0n) is 23.0. The summed E-state index contributed by atoms with van der Waals surface area (Å²) in [4.78, 5) is 70.3. The molecule has 0 aliphatic carbocycles. The van der Waals surface area contributed by atoms with Gasteiger partial charge in [-0.2, -0.15) is 0 Å². The Kier molecular flexibility index (Phi) is 8.75. The average molecular weight is 581 g/mol. The molecule has 4 rings (SSSR count). The fraction of sp³-hybridized carbons (Fsp3) is 0.147. The van der Waals surface area contributed by atoms with Crippen LogP contribution in [0.25, 0.3) is 0 Å². The normalized spacial score (nSPS) is 16.0. The first-order chi connectivity index (χ1) is 20.4. The first-order valence-electron chi connectivity index (χ1n) is 13.2. The SMILES string of the molecule is C[C@H](O)[C@@](O)(C(=O)c1ccccc1)[C@](O)(C(=O)c1ccccc1)[C@@](O)(C(=O)C(=O)c1ccccc1)C(=O)c1ccccc1. The van der Waals surface area contributed by atoms with Crippen molar-refractivity contribution in [2.24, 2.45) is 0 Å². The summed E-state index contributed by atoms with van der Waals surface area (Å²) < 4.78 is 0. The van der Waals surface area contributed by atoms with Gasteiger partial charge in [0.2, 0.25) is 40.1 Å². The van der Waals surface area contributed by atoms with Crippen molar-refractivity contribution < 1.29 is 44.4 Å². The lowest BCUT2D eigenvalue weighted by atomic mass is 9.58. The molecule has 0 aliphatic heterocycles. The van der Waals surface area contributed by atoms with Crippen molar-refractivity contribution in [1.29, 1.82) is 0 Å². The molecule has 0 saturated heterocycles. The first kappa shape index (κ1) is 31.0. The van der Waals surface area contributed by atoms with Gasteiger partial charge in [0.1, 0.15) is 0 Å². The Morgan fingerprint density at radius 2 is 0.837 bits per heavy atom.